The first-order valence-electron chi connectivity index (χ1n) is 14.1. The summed E-state index contributed by atoms with van der Waals surface area (Å²) in [5, 5.41) is 0. The minimum Gasteiger partial charge on any atom is -0.488 e. The Hall–Kier alpha value is -3.36. The Morgan fingerprint density at radius 3 is 2.37 bits per heavy atom. The zero-order valence-electron chi connectivity index (χ0n) is 24.6. The Labute approximate surface area is 243 Å². The highest BCUT2D eigenvalue weighted by Gasteiger charge is 2.47. The molecule has 1 fully saturated rings. The van der Waals surface area contributed by atoms with Gasteiger partial charge < -0.3 is 14.2 Å². The number of fused-ring (bicyclic) bond motifs is 3. The van der Waals surface area contributed by atoms with E-state index in [0.29, 0.717) is 5.75 Å². The summed E-state index contributed by atoms with van der Waals surface area (Å²) in [5.74, 6) is 0.100. The molecule has 2 aliphatic rings. The number of hydrogen-bond donors (Lipinski definition) is 1. The molecule has 3 aromatic carbocycles. The van der Waals surface area contributed by atoms with Crippen molar-refractivity contribution in [3.63, 3.8) is 0 Å². The predicted octanol–water partition coefficient (Wildman–Crippen LogP) is 6.71. The van der Waals surface area contributed by atoms with E-state index in [-0.39, 0.29) is 46.4 Å². The van der Waals surface area contributed by atoms with Crippen LogP contribution in [0.4, 0.5) is 0 Å². The average molecular weight is 578 g/mol. The molecule has 0 saturated carbocycles. The number of hydrogen-bond acceptors (Lipinski definition) is 6. The summed E-state index contributed by atoms with van der Waals surface area (Å²) in [6, 6.07) is 19.5. The van der Waals surface area contributed by atoms with Crippen LogP contribution in [-0.2, 0) is 26.8 Å². The van der Waals surface area contributed by atoms with Gasteiger partial charge in [-0.05, 0) is 74.4 Å². The van der Waals surface area contributed by atoms with Gasteiger partial charge in [-0.1, -0.05) is 63.2 Å². The highest BCUT2D eigenvalue weighted by Crippen LogP contribution is 2.52. The van der Waals surface area contributed by atoms with E-state index < -0.39 is 21.5 Å². The van der Waals surface area contributed by atoms with E-state index in [1.54, 1.807) is 24.3 Å². The zero-order valence-corrected chi connectivity index (χ0v) is 25.4. The third kappa shape index (κ3) is 6.14. The SMILES string of the molecule is C[C@H]1CC[C@H]2[C@H](O1)c1cc(OCc3ccccc3)c(C(=O)NS(=O)(=O)c3ccc(C(C)(C)C)cc3)cc1OC2(C)C. The van der Waals surface area contributed by atoms with Crippen molar-refractivity contribution in [1.82, 2.24) is 4.72 Å². The molecule has 2 heterocycles. The number of rotatable bonds is 6. The van der Waals surface area contributed by atoms with Gasteiger partial charge in [-0.3, -0.25) is 4.79 Å². The highest BCUT2D eigenvalue weighted by molar-refractivity contribution is 7.90. The smallest absolute Gasteiger partial charge is 0.268 e. The van der Waals surface area contributed by atoms with Gasteiger partial charge in [-0.15, -0.1) is 0 Å². The standard InChI is InChI=1S/C33H39NO6S/c1-21-12-17-27-30(39-21)25-18-28(38-20-22-10-8-7-9-11-22)26(19-29(25)40-33(27,5)6)31(35)34-41(36,37)24-15-13-23(14-16-24)32(2,3)4/h7-11,13-16,18-19,21,27,30H,12,17,20H2,1-6H3,(H,34,35)/t21-,27-,30+/m0/s1. The van der Waals surface area contributed by atoms with Gasteiger partial charge in [0.2, 0.25) is 0 Å². The first kappa shape index (κ1) is 29.1. The first-order chi connectivity index (χ1) is 19.2. The molecule has 0 unspecified atom stereocenters. The van der Waals surface area contributed by atoms with Gasteiger partial charge in [0.15, 0.2) is 0 Å². The molecule has 1 saturated heterocycles. The lowest BCUT2D eigenvalue weighted by molar-refractivity contribution is -0.144. The van der Waals surface area contributed by atoms with Gasteiger partial charge in [0, 0.05) is 11.5 Å². The van der Waals surface area contributed by atoms with Crippen molar-refractivity contribution in [2.45, 2.75) is 89.1 Å². The molecule has 3 atom stereocenters. The Bertz CT molecular complexity index is 1520. The number of ether oxygens (including phenoxy) is 3. The second-order valence-corrected chi connectivity index (χ2v) is 14.3. The topological polar surface area (TPSA) is 90.9 Å². The molecule has 41 heavy (non-hydrogen) atoms. The van der Waals surface area contributed by atoms with Crippen LogP contribution in [-0.4, -0.2) is 26.0 Å². The molecule has 0 aromatic heterocycles. The van der Waals surface area contributed by atoms with E-state index in [2.05, 4.69) is 32.4 Å². The molecule has 0 radical (unpaired) electrons. The molecule has 2 aliphatic heterocycles. The van der Waals surface area contributed by atoms with Crippen molar-refractivity contribution >= 4 is 15.9 Å². The maximum atomic E-state index is 13.6. The molecular weight excluding hydrogens is 538 g/mol. The van der Waals surface area contributed by atoms with Gasteiger partial charge in [0.05, 0.1) is 22.7 Å². The average Bonchev–Trinajstić information content (AvgIpc) is 2.91. The fourth-order valence-electron chi connectivity index (χ4n) is 5.63. The Kier molecular flexibility index (Phi) is 7.68. The number of sulfonamides is 1. The van der Waals surface area contributed by atoms with Gasteiger partial charge in [-0.2, -0.15) is 0 Å². The van der Waals surface area contributed by atoms with Gasteiger partial charge in [0.25, 0.3) is 15.9 Å². The van der Waals surface area contributed by atoms with Crippen LogP contribution in [0.1, 0.15) is 87.5 Å². The summed E-state index contributed by atoms with van der Waals surface area (Å²) >= 11 is 0. The van der Waals surface area contributed by atoms with Crippen LogP contribution in [0.15, 0.2) is 71.6 Å². The number of benzene rings is 3. The van der Waals surface area contributed by atoms with E-state index >= 15 is 0 Å². The van der Waals surface area contributed by atoms with Crippen LogP contribution < -0.4 is 14.2 Å². The Morgan fingerprint density at radius 2 is 1.71 bits per heavy atom. The number of carbonyl (C=O) groups excluding carboxylic acids is 1. The van der Waals surface area contributed by atoms with E-state index in [1.165, 1.54) is 12.1 Å². The van der Waals surface area contributed by atoms with Crippen LogP contribution in [0.25, 0.3) is 0 Å². The fraction of sp³-hybridized carbons (Fsp3) is 0.424. The molecule has 0 aliphatic carbocycles. The largest absolute Gasteiger partial charge is 0.488 e. The molecule has 3 aromatic rings. The van der Waals surface area contributed by atoms with Crippen LogP contribution in [0, 0.1) is 5.92 Å². The number of nitrogens with one attached hydrogen (secondary N) is 1. The normalized spacial score (nSPS) is 21.7. The molecular formula is C33H39NO6S. The number of amides is 1. The fourth-order valence-corrected chi connectivity index (χ4v) is 6.59. The van der Waals surface area contributed by atoms with Crippen molar-refractivity contribution in [2.75, 3.05) is 0 Å². The molecule has 1 amide bonds. The summed E-state index contributed by atoms with van der Waals surface area (Å²) in [7, 11) is -4.14. The molecule has 218 valence electrons. The summed E-state index contributed by atoms with van der Waals surface area (Å²) < 4.78 is 47.8. The van der Waals surface area contributed by atoms with Crippen molar-refractivity contribution < 1.29 is 27.4 Å². The van der Waals surface area contributed by atoms with E-state index in [1.807, 2.05) is 44.2 Å². The molecule has 5 rings (SSSR count). The minimum absolute atomic E-state index is 0.00776. The predicted molar refractivity (Wildman–Crippen MR) is 158 cm³/mol. The van der Waals surface area contributed by atoms with Gasteiger partial charge >= 0.3 is 0 Å². The maximum absolute atomic E-state index is 13.6. The van der Waals surface area contributed by atoms with E-state index in [0.717, 1.165) is 29.5 Å². The molecule has 8 heteroatoms. The zero-order chi connectivity index (χ0) is 29.6. The summed E-state index contributed by atoms with van der Waals surface area (Å²) in [5.41, 5.74) is 2.13. The van der Waals surface area contributed by atoms with Crippen LogP contribution in [0.3, 0.4) is 0 Å². The third-order valence-corrected chi connectivity index (χ3v) is 9.40. The van der Waals surface area contributed by atoms with Crippen LogP contribution in [0.2, 0.25) is 0 Å². The Morgan fingerprint density at radius 1 is 1.02 bits per heavy atom. The monoisotopic (exact) mass is 577 g/mol. The summed E-state index contributed by atoms with van der Waals surface area (Å²) in [4.78, 5) is 13.6. The van der Waals surface area contributed by atoms with Gasteiger partial charge in [-0.25, -0.2) is 13.1 Å². The van der Waals surface area contributed by atoms with E-state index in [4.69, 9.17) is 14.2 Å². The second kappa shape index (κ2) is 10.8. The molecule has 0 bridgehead atoms. The van der Waals surface area contributed by atoms with Crippen LogP contribution >= 0.6 is 0 Å². The summed E-state index contributed by atoms with van der Waals surface area (Å²) in [6.45, 7) is 12.5. The van der Waals surface area contributed by atoms with Crippen molar-refractivity contribution in [2.24, 2.45) is 5.92 Å². The second-order valence-electron chi connectivity index (χ2n) is 12.6. The maximum Gasteiger partial charge on any atom is 0.268 e. The van der Waals surface area contributed by atoms with Crippen molar-refractivity contribution in [3.05, 3.63) is 89.0 Å². The van der Waals surface area contributed by atoms with E-state index in [9.17, 15) is 13.2 Å². The molecule has 0 spiro atoms. The van der Waals surface area contributed by atoms with Crippen LogP contribution in [0.5, 0.6) is 11.5 Å². The lowest BCUT2D eigenvalue weighted by Gasteiger charge is -2.48. The first-order valence-corrected chi connectivity index (χ1v) is 15.6. The van der Waals surface area contributed by atoms with Crippen molar-refractivity contribution in [1.29, 1.82) is 0 Å². The lowest BCUT2D eigenvalue weighted by Crippen LogP contribution is -2.48. The van der Waals surface area contributed by atoms with Crippen molar-refractivity contribution in [3.8, 4) is 11.5 Å². The third-order valence-electron chi connectivity index (χ3n) is 8.05. The Balaban J connectivity index is 1.51. The lowest BCUT2D eigenvalue weighted by atomic mass is 9.75. The molecule has 1 N–H and O–H groups in total. The molecule has 7 nitrogen and oxygen atoms in total. The summed E-state index contributed by atoms with van der Waals surface area (Å²) in [6.07, 6.45) is 1.76. The highest BCUT2D eigenvalue weighted by atomic mass is 32.2. The minimum atomic E-state index is -4.14. The quantitative estimate of drug-likeness (QED) is 0.350. The van der Waals surface area contributed by atoms with Gasteiger partial charge in [0.1, 0.15) is 23.7 Å². The number of carbonyl (C=O) groups is 1.